The average molecular weight is 261 g/mol. The Labute approximate surface area is 121 Å². The van der Waals surface area contributed by atoms with E-state index < -0.39 is 0 Å². The van der Waals surface area contributed by atoms with E-state index >= 15 is 0 Å². The second-order valence-electron chi connectivity index (χ2n) is 5.58. The molecule has 3 aromatic carbocycles. The van der Waals surface area contributed by atoms with Crippen molar-refractivity contribution in [2.75, 3.05) is 0 Å². The minimum Gasteiger partial charge on any atom is -0.0654 e. The van der Waals surface area contributed by atoms with E-state index in [0.717, 1.165) is 6.42 Å². The van der Waals surface area contributed by atoms with Gasteiger partial charge in [-0.05, 0) is 58.1 Å². The first-order valence-electron chi connectivity index (χ1n) is 7.70. The van der Waals surface area contributed by atoms with E-state index in [1.54, 1.807) is 0 Å². The Balaban J connectivity index is 1.88. The number of rotatable bonds is 5. The van der Waals surface area contributed by atoms with Gasteiger partial charge in [-0.3, -0.25) is 0 Å². The van der Waals surface area contributed by atoms with Crippen molar-refractivity contribution in [3.05, 3.63) is 60.2 Å². The number of fused-ring (bicyclic) bond motifs is 2. The number of aryl methyl sites for hydroxylation is 1. The molecule has 0 heterocycles. The Bertz CT molecular complexity index is 709. The second-order valence-corrected chi connectivity index (χ2v) is 5.58. The van der Waals surface area contributed by atoms with E-state index in [-0.39, 0.29) is 0 Å². The summed E-state index contributed by atoms with van der Waals surface area (Å²) in [6.45, 7) is 2.26. The molecular weight excluding hydrogens is 240 g/mol. The molecule has 3 aromatic rings. The van der Waals surface area contributed by atoms with Crippen LogP contribution in [0.3, 0.4) is 0 Å². The van der Waals surface area contributed by atoms with Gasteiger partial charge < -0.3 is 0 Å². The van der Waals surface area contributed by atoms with E-state index in [4.69, 9.17) is 0 Å². The highest BCUT2D eigenvalue weighted by atomic mass is 14.0. The number of benzene rings is 3. The van der Waals surface area contributed by atoms with Crippen LogP contribution in [0.25, 0.3) is 21.5 Å². The van der Waals surface area contributed by atoms with Crippen LogP contribution in [0.2, 0.25) is 0 Å². The van der Waals surface area contributed by atoms with Crippen molar-refractivity contribution in [1.29, 1.82) is 0 Å². The predicted molar refractivity (Wildman–Crippen MR) is 88.1 cm³/mol. The Morgan fingerprint density at radius 1 is 0.800 bits per heavy atom. The standard InChI is InChI=1S/C20H21/c1-2-3-4-5-8-16-11-12-19-14-17-9-6-7-10-18(17)15-20(19)13-16/h6-7,9-12,14-15H,2-5,8H2,1H3. The first kappa shape index (κ1) is 13.2. The van der Waals surface area contributed by atoms with Crippen LogP contribution in [0, 0.1) is 6.07 Å². The maximum absolute atomic E-state index is 3.60. The molecule has 0 aromatic heterocycles. The lowest BCUT2D eigenvalue weighted by Crippen LogP contribution is -1.87. The highest BCUT2D eigenvalue weighted by molar-refractivity contribution is 5.98. The summed E-state index contributed by atoms with van der Waals surface area (Å²) in [7, 11) is 0. The van der Waals surface area contributed by atoms with Crippen LogP contribution in [0.4, 0.5) is 0 Å². The Hall–Kier alpha value is -1.82. The summed E-state index contributed by atoms with van der Waals surface area (Å²) < 4.78 is 0. The first-order chi connectivity index (χ1) is 9.86. The van der Waals surface area contributed by atoms with E-state index in [1.165, 1.54) is 52.8 Å². The zero-order valence-corrected chi connectivity index (χ0v) is 12.2. The van der Waals surface area contributed by atoms with E-state index in [1.807, 2.05) is 0 Å². The molecule has 0 spiro atoms. The molecule has 0 aliphatic heterocycles. The molecule has 0 saturated carbocycles. The van der Waals surface area contributed by atoms with Crippen molar-refractivity contribution in [3.8, 4) is 0 Å². The molecule has 0 atom stereocenters. The third-order valence-electron chi connectivity index (χ3n) is 3.98. The SMILES string of the molecule is CCCCCCc1[c]c2cc3ccccc3cc2cc1. The van der Waals surface area contributed by atoms with E-state index in [0.29, 0.717) is 0 Å². The molecule has 3 rings (SSSR count). The molecule has 1 radical (unpaired) electrons. The summed E-state index contributed by atoms with van der Waals surface area (Å²) in [5.74, 6) is 0. The molecule has 0 amide bonds. The van der Waals surface area contributed by atoms with Gasteiger partial charge in [-0.15, -0.1) is 0 Å². The van der Waals surface area contributed by atoms with Crippen LogP contribution in [0.5, 0.6) is 0 Å². The molecule has 20 heavy (non-hydrogen) atoms. The predicted octanol–water partition coefficient (Wildman–Crippen LogP) is 5.92. The van der Waals surface area contributed by atoms with Gasteiger partial charge in [0.05, 0.1) is 0 Å². The summed E-state index contributed by atoms with van der Waals surface area (Å²) in [6.07, 6.45) is 6.41. The summed E-state index contributed by atoms with van der Waals surface area (Å²) in [5, 5.41) is 5.15. The fourth-order valence-corrected chi connectivity index (χ4v) is 2.80. The van der Waals surface area contributed by atoms with Crippen LogP contribution in [0.15, 0.2) is 48.5 Å². The van der Waals surface area contributed by atoms with Gasteiger partial charge in [-0.1, -0.05) is 62.6 Å². The van der Waals surface area contributed by atoms with Crippen LogP contribution >= 0.6 is 0 Å². The fourth-order valence-electron chi connectivity index (χ4n) is 2.80. The van der Waals surface area contributed by atoms with Crippen molar-refractivity contribution in [2.24, 2.45) is 0 Å². The summed E-state index contributed by atoms with van der Waals surface area (Å²) in [4.78, 5) is 0. The minimum atomic E-state index is 1.16. The quantitative estimate of drug-likeness (QED) is 0.395. The molecule has 0 aliphatic carbocycles. The summed E-state index contributed by atoms with van der Waals surface area (Å²) in [5.41, 5.74) is 1.35. The zero-order chi connectivity index (χ0) is 13.8. The van der Waals surface area contributed by atoms with Crippen LogP contribution < -0.4 is 0 Å². The van der Waals surface area contributed by atoms with Gasteiger partial charge >= 0.3 is 0 Å². The lowest BCUT2D eigenvalue weighted by atomic mass is 9.99. The van der Waals surface area contributed by atoms with Crippen LogP contribution in [-0.2, 0) is 6.42 Å². The molecule has 0 unspecified atom stereocenters. The van der Waals surface area contributed by atoms with Crippen molar-refractivity contribution < 1.29 is 0 Å². The first-order valence-corrected chi connectivity index (χ1v) is 7.70. The van der Waals surface area contributed by atoms with Crippen molar-refractivity contribution in [2.45, 2.75) is 39.0 Å². The molecule has 0 bridgehead atoms. The lowest BCUT2D eigenvalue weighted by Gasteiger charge is -2.05. The lowest BCUT2D eigenvalue weighted by molar-refractivity contribution is 0.667. The Morgan fingerprint density at radius 3 is 2.40 bits per heavy atom. The van der Waals surface area contributed by atoms with Gasteiger partial charge in [-0.25, -0.2) is 0 Å². The van der Waals surface area contributed by atoms with Crippen LogP contribution in [-0.4, -0.2) is 0 Å². The number of hydrogen-bond donors (Lipinski definition) is 0. The molecule has 0 saturated heterocycles. The summed E-state index contributed by atoms with van der Waals surface area (Å²) in [6, 6.07) is 21.2. The topological polar surface area (TPSA) is 0 Å². The molecular formula is C20H21. The average Bonchev–Trinajstić information content (AvgIpc) is 2.49. The zero-order valence-electron chi connectivity index (χ0n) is 12.2. The molecule has 0 heteroatoms. The van der Waals surface area contributed by atoms with Crippen LogP contribution in [0.1, 0.15) is 38.2 Å². The third kappa shape index (κ3) is 2.85. The van der Waals surface area contributed by atoms with Gasteiger partial charge in [0.2, 0.25) is 0 Å². The maximum Gasteiger partial charge on any atom is -0.00641 e. The summed E-state index contributed by atoms with van der Waals surface area (Å²) >= 11 is 0. The van der Waals surface area contributed by atoms with Gasteiger partial charge in [0, 0.05) is 0 Å². The monoisotopic (exact) mass is 261 g/mol. The smallest absolute Gasteiger partial charge is 0.00641 e. The van der Waals surface area contributed by atoms with Crippen molar-refractivity contribution in [1.82, 2.24) is 0 Å². The minimum absolute atomic E-state index is 1.16. The van der Waals surface area contributed by atoms with Crippen molar-refractivity contribution >= 4 is 21.5 Å². The van der Waals surface area contributed by atoms with Gasteiger partial charge in [0.25, 0.3) is 0 Å². The molecule has 101 valence electrons. The molecule has 0 fully saturated rings. The normalized spacial score (nSPS) is 11.2. The van der Waals surface area contributed by atoms with Gasteiger partial charge in [-0.2, -0.15) is 0 Å². The Kier molecular flexibility index (Phi) is 4.01. The number of unbranched alkanes of at least 4 members (excludes halogenated alkanes) is 3. The largest absolute Gasteiger partial charge is 0.0654 e. The third-order valence-corrected chi connectivity index (χ3v) is 3.98. The van der Waals surface area contributed by atoms with E-state index in [2.05, 4.69) is 61.5 Å². The molecule has 0 aliphatic rings. The number of hydrogen-bond acceptors (Lipinski definition) is 0. The van der Waals surface area contributed by atoms with Gasteiger partial charge in [0.1, 0.15) is 0 Å². The molecule has 0 N–H and O–H groups in total. The highest BCUT2D eigenvalue weighted by Gasteiger charge is 2.00. The highest BCUT2D eigenvalue weighted by Crippen LogP contribution is 2.23. The second kappa shape index (κ2) is 6.09. The molecule has 0 nitrogen and oxygen atoms in total. The van der Waals surface area contributed by atoms with E-state index in [9.17, 15) is 0 Å². The maximum atomic E-state index is 3.60. The fraction of sp³-hybridized carbons (Fsp3) is 0.300. The Morgan fingerprint density at radius 2 is 1.60 bits per heavy atom. The van der Waals surface area contributed by atoms with Crippen molar-refractivity contribution in [3.63, 3.8) is 0 Å². The van der Waals surface area contributed by atoms with Gasteiger partial charge in [0.15, 0.2) is 0 Å².